The zero-order valence-corrected chi connectivity index (χ0v) is 11.5. The quantitative estimate of drug-likeness (QED) is 0.809. The van der Waals surface area contributed by atoms with Gasteiger partial charge in [0.05, 0.1) is 6.61 Å². The largest absolute Gasteiger partial charge is 0.435 e. The fraction of sp³-hybridized carbons (Fsp3) is 0.769. The molecule has 1 aliphatic carbocycles. The molecule has 2 rings (SSSR count). The molecule has 0 radical (unpaired) electrons. The molecule has 0 bridgehead atoms. The maximum Gasteiger partial charge on any atom is 0.435 e. The number of rotatable bonds is 7. The molecule has 1 unspecified atom stereocenters. The summed E-state index contributed by atoms with van der Waals surface area (Å²) >= 11 is 0. The molecule has 1 heterocycles. The van der Waals surface area contributed by atoms with E-state index < -0.39 is 11.9 Å². The lowest BCUT2D eigenvalue weighted by Crippen LogP contribution is -2.47. The van der Waals surface area contributed by atoms with Crippen LogP contribution in [0.1, 0.15) is 38.3 Å². The molecule has 0 aromatic carbocycles. The summed E-state index contributed by atoms with van der Waals surface area (Å²) < 4.78 is 38.5. The van der Waals surface area contributed by atoms with Crippen LogP contribution >= 0.6 is 0 Å². The lowest BCUT2D eigenvalue weighted by Gasteiger charge is -2.29. The van der Waals surface area contributed by atoms with Gasteiger partial charge in [-0.2, -0.15) is 18.3 Å². The van der Waals surface area contributed by atoms with Crippen molar-refractivity contribution in [2.24, 2.45) is 0 Å². The lowest BCUT2D eigenvalue weighted by molar-refractivity contribution is -0.141. The van der Waals surface area contributed by atoms with Crippen molar-refractivity contribution in [3.05, 3.63) is 18.0 Å². The first-order valence-electron chi connectivity index (χ1n) is 6.82. The number of hydrogen-bond acceptors (Lipinski definition) is 3. The van der Waals surface area contributed by atoms with E-state index in [0.717, 1.165) is 18.9 Å². The number of nitrogens with zero attached hydrogens (tertiary/aromatic N) is 2. The van der Waals surface area contributed by atoms with E-state index in [-0.39, 0.29) is 12.1 Å². The highest BCUT2D eigenvalue weighted by Gasteiger charge is 2.34. The highest BCUT2D eigenvalue weighted by molar-refractivity contribution is 5.03. The lowest BCUT2D eigenvalue weighted by atomic mass is 9.96. The van der Waals surface area contributed by atoms with Crippen LogP contribution in [0.15, 0.2) is 12.3 Å². The highest BCUT2D eigenvalue weighted by atomic mass is 19.4. The van der Waals surface area contributed by atoms with Gasteiger partial charge in [0, 0.05) is 24.3 Å². The maximum absolute atomic E-state index is 12.4. The second-order valence-electron chi connectivity index (χ2n) is 5.70. The monoisotopic (exact) mass is 291 g/mol. The summed E-state index contributed by atoms with van der Waals surface area (Å²) in [6, 6.07) is 1.46. The Morgan fingerprint density at radius 1 is 1.45 bits per heavy atom. The summed E-state index contributed by atoms with van der Waals surface area (Å²) in [5, 5.41) is 16.3. The summed E-state index contributed by atoms with van der Waals surface area (Å²) in [6.07, 6.45) is 0.566. The summed E-state index contributed by atoms with van der Waals surface area (Å²) in [7, 11) is 0. The van der Waals surface area contributed by atoms with Gasteiger partial charge in [-0.25, -0.2) is 0 Å². The van der Waals surface area contributed by atoms with Gasteiger partial charge < -0.3 is 10.4 Å². The van der Waals surface area contributed by atoms with Crippen molar-refractivity contribution < 1.29 is 18.3 Å². The van der Waals surface area contributed by atoms with Gasteiger partial charge in [-0.15, -0.1) is 0 Å². The van der Waals surface area contributed by atoms with Crippen molar-refractivity contribution in [3.8, 4) is 0 Å². The van der Waals surface area contributed by atoms with Crippen molar-refractivity contribution in [2.75, 3.05) is 6.61 Å². The number of nitrogens with one attached hydrogen (secondary N) is 1. The second-order valence-corrected chi connectivity index (χ2v) is 5.70. The molecule has 114 valence electrons. The van der Waals surface area contributed by atoms with Crippen LogP contribution < -0.4 is 5.32 Å². The Hall–Kier alpha value is -1.08. The molecule has 4 nitrogen and oxygen atoms in total. The molecule has 1 saturated carbocycles. The van der Waals surface area contributed by atoms with Crippen LogP contribution in [-0.4, -0.2) is 33.1 Å². The number of hydrogen-bond donors (Lipinski definition) is 2. The van der Waals surface area contributed by atoms with Crippen LogP contribution in [0.5, 0.6) is 0 Å². The van der Waals surface area contributed by atoms with E-state index in [9.17, 15) is 18.3 Å². The average molecular weight is 291 g/mol. The summed E-state index contributed by atoms with van der Waals surface area (Å²) in [5.74, 6) is 0. The fourth-order valence-corrected chi connectivity index (χ4v) is 2.19. The zero-order chi connectivity index (χ0) is 14.8. The van der Waals surface area contributed by atoms with E-state index in [1.54, 1.807) is 0 Å². The molecule has 1 aromatic rings. The molecule has 0 saturated heterocycles. The summed E-state index contributed by atoms with van der Waals surface area (Å²) in [5.41, 5.74) is -1.22. The normalized spacial score (nSPS) is 19.1. The SMILES string of the molecule is CC(CO)(CCCn1ccc(C(F)(F)F)n1)NC1CC1. The fourth-order valence-electron chi connectivity index (χ4n) is 2.19. The minimum atomic E-state index is -4.39. The van der Waals surface area contributed by atoms with E-state index in [1.807, 2.05) is 6.92 Å². The van der Waals surface area contributed by atoms with E-state index >= 15 is 0 Å². The Bertz CT molecular complexity index is 442. The van der Waals surface area contributed by atoms with Crippen molar-refractivity contribution in [3.63, 3.8) is 0 Å². The zero-order valence-electron chi connectivity index (χ0n) is 11.5. The molecule has 0 spiro atoms. The predicted octanol–water partition coefficient (Wildman–Crippen LogP) is 2.19. The second kappa shape index (κ2) is 5.73. The third-order valence-corrected chi connectivity index (χ3v) is 3.53. The Balaban J connectivity index is 1.81. The van der Waals surface area contributed by atoms with Gasteiger partial charge in [0.25, 0.3) is 0 Å². The molecule has 1 atom stereocenters. The first kappa shape index (κ1) is 15.3. The number of aromatic nitrogens is 2. The van der Waals surface area contributed by atoms with Crippen LogP contribution in [0.4, 0.5) is 13.2 Å². The van der Waals surface area contributed by atoms with E-state index in [1.165, 1.54) is 10.9 Å². The van der Waals surface area contributed by atoms with Crippen molar-refractivity contribution in [1.29, 1.82) is 0 Å². The molecular formula is C13H20F3N3O. The molecule has 1 aliphatic rings. The van der Waals surface area contributed by atoms with E-state index in [4.69, 9.17) is 0 Å². The van der Waals surface area contributed by atoms with Crippen LogP contribution in [0, 0.1) is 0 Å². The van der Waals surface area contributed by atoms with Crippen molar-refractivity contribution in [2.45, 2.75) is 56.9 Å². The summed E-state index contributed by atoms with van der Waals surface area (Å²) in [4.78, 5) is 0. The van der Waals surface area contributed by atoms with Crippen LogP contribution in [-0.2, 0) is 12.7 Å². The molecule has 1 aromatic heterocycles. The third-order valence-electron chi connectivity index (χ3n) is 3.53. The van der Waals surface area contributed by atoms with Gasteiger partial charge in [-0.3, -0.25) is 4.68 Å². The van der Waals surface area contributed by atoms with Gasteiger partial charge >= 0.3 is 6.18 Å². The van der Waals surface area contributed by atoms with Crippen LogP contribution in [0.2, 0.25) is 0 Å². The third kappa shape index (κ3) is 4.21. The van der Waals surface area contributed by atoms with E-state index in [0.29, 0.717) is 25.4 Å². The van der Waals surface area contributed by atoms with Crippen molar-refractivity contribution in [1.82, 2.24) is 15.1 Å². The molecule has 2 N–H and O–H groups in total. The van der Waals surface area contributed by atoms with E-state index in [2.05, 4.69) is 10.4 Å². The molecule has 0 aliphatic heterocycles. The molecule has 20 heavy (non-hydrogen) atoms. The maximum atomic E-state index is 12.4. The Morgan fingerprint density at radius 3 is 2.65 bits per heavy atom. The van der Waals surface area contributed by atoms with Gasteiger partial charge in [0.15, 0.2) is 5.69 Å². The number of halogens is 3. The molecule has 1 fully saturated rings. The van der Waals surface area contributed by atoms with Crippen molar-refractivity contribution >= 4 is 0 Å². The van der Waals surface area contributed by atoms with Gasteiger partial charge in [0.2, 0.25) is 0 Å². The summed E-state index contributed by atoms with van der Waals surface area (Å²) in [6.45, 7) is 2.38. The van der Waals surface area contributed by atoms with Gasteiger partial charge in [-0.05, 0) is 38.7 Å². The Morgan fingerprint density at radius 2 is 2.15 bits per heavy atom. The van der Waals surface area contributed by atoms with Crippen LogP contribution in [0.3, 0.4) is 0 Å². The Kier molecular flexibility index (Phi) is 4.39. The minimum absolute atomic E-state index is 0.0242. The van der Waals surface area contributed by atoms with Crippen LogP contribution in [0.25, 0.3) is 0 Å². The predicted molar refractivity (Wildman–Crippen MR) is 68.1 cm³/mol. The molecule has 0 amide bonds. The van der Waals surface area contributed by atoms with Gasteiger partial charge in [-0.1, -0.05) is 0 Å². The number of aliphatic hydroxyl groups excluding tert-OH is 1. The Labute approximate surface area is 116 Å². The number of aliphatic hydroxyl groups is 1. The topological polar surface area (TPSA) is 50.1 Å². The average Bonchev–Trinajstić information content (AvgIpc) is 3.02. The number of aryl methyl sites for hydroxylation is 1. The number of alkyl halides is 3. The smallest absolute Gasteiger partial charge is 0.394 e. The minimum Gasteiger partial charge on any atom is -0.394 e. The van der Waals surface area contributed by atoms with Gasteiger partial charge in [0.1, 0.15) is 0 Å². The first-order valence-corrected chi connectivity index (χ1v) is 6.82. The highest BCUT2D eigenvalue weighted by Crippen LogP contribution is 2.27. The molecular weight excluding hydrogens is 271 g/mol. The molecule has 7 heteroatoms. The first-order chi connectivity index (χ1) is 9.32. The standard InChI is InChI=1S/C13H20F3N3O/c1-12(9-20,17-10-3-4-10)6-2-7-19-8-5-11(18-19)13(14,15)16/h5,8,10,17,20H,2-4,6-7,9H2,1H3.